The zero-order chi connectivity index (χ0) is 14.6. The maximum Gasteiger partial charge on any atom is 0.405 e. The van der Waals surface area contributed by atoms with Crippen molar-refractivity contribution in [2.75, 3.05) is 23.7 Å². The molecular weight excluding hydrogens is 265 g/mol. The fourth-order valence-electron chi connectivity index (χ4n) is 1.58. The lowest BCUT2D eigenvalue weighted by molar-refractivity contribution is -0.384. The first kappa shape index (κ1) is 15.0. The van der Waals surface area contributed by atoms with Crippen LogP contribution in [0, 0.1) is 10.1 Å². The third-order valence-corrected chi connectivity index (χ3v) is 2.24. The van der Waals surface area contributed by atoms with E-state index in [0.717, 1.165) is 11.0 Å². The molecule has 2 N–H and O–H groups in total. The summed E-state index contributed by atoms with van der Waals surface area (Å²) in [5.74, 6) is -0.423. The first-order chi connectivity index (χ1) is 8.74. The molecule has 0 aliphatic carbocycles. The summed E-state index contributed by atoms with van der Waals surface area (Å²) in [7, 11) is 0. The molecule has 0 aliphatic heterocycles. The van der Waals surface area contributed by atoms with Crippen LogP contribution in [-0.2, 0) is 0 Å². The van der Waals surface area contributed by atoms with Gasteiger partial charge >= 0.3 is 11.9 Å². The largest absolute Gasteiger partial charge is 0.405 e. The quantitative estimate of drug-likeness (QED) is 0.660. The maximum absolute atomic E-state index is 12.5. The summed E-state index contributed by atoms with van der Waals surface area (Å²) < 4.78 is 37.4. The molecule has 1 aromatic heterocycles. The highest BCUT2D eigenvalue weighted by Gasteiger charge is 2.33. The summed E-state index contributed by atoms with van der Waals surface area (Å²) in [4.78, 5) is 14.5. The minimum absolute atomic E-state index is 0.00317. The minimum Gasteiger partial charge on any atom is -0.384 e. The molecule has 1 aromatic rings. The van der Waals surface area contributed by atoms with Crippen LogP contribution in [0.25, 0.3) is 0 Å². The Morgan fingerprint density at radius 3 is 2.58 bits per heavy atom. The van der Waals surface area contributed by atoms with E-state index >= 15 is 0 Å². The van der Waals surface area contributed by atoms with Crippen molar-refractivity contribution in [2.24, 2.45) is 0 Å². The van der Waals surface area contributed by atoms with Gasteiger partial charge in [-0.2, -0.15) is 13.2 Å². The predicted molar refractivity (Wildman–Crippen MR) is 63.9 cm³/mol. The number of nitrogen functional groups attached to an aromatic ring is 1. The molecule has 106 valence electrons. The van der Waals surface area contributed by atoms with E-state index in [1.165, 1.54) is 6.07 Å². The third kappa shape index (κ3) is 4.27. The Morgan fingerprint density at radius 2 is 2.11 bits per heavy atom. The molecule has 0 amide bonds. The molecule has 0 atom stereocenters. The summed E-state index contributed by atoms with van der Waals surface area (Å²) in [5.41, 5.74) is 4.89. The van der Waals surface area contributed by atoms with Crippen molar-refractivity contribution in [2.45, 2.75) is 19.5 Å². The van der Waals surface area contributed by atoms with Gasteiger partial charge in [-0.3, -0.25) is 10.1 Å². The lowest BCUT2D eigenvalue weighted by Crippen LogP contribution is -2.36. The van der Waals surface area contributed by atoms with Crippen LogP contribution >= 0.6 is 0 Å². The molecule has 1 rings (SSSR count). The second-order valence-corrected chi connectivity index (χ2v) is 3.87. The normalized spacial score (nSPS) is 11.4. The number of aromatic nitrogens is 1. The van der Waals surface area contributed by atoms with Crippen LogP contribution in [0.1, 0.15) is 13.3 Å². The smallest absolute Gasteiger partial charge is 0.384 e. The summed E-state index contributed by atoms with van der Waals surface area (Å²) in [5, 5.41) is 10.8. The van der Waals surface area contributed by atoms with E-state index in [9.17, 15) is 23.3 Å². The van der Waals surface area contributed by atoms with Crippen LogP contribution in [0.2, 0.25) is 0 Å². The molecule has 0 unspecified atom stereocenters. The number of nitrogens with two attached hydrogens (primary N) is 1. The molecule has 0 aliphatic rings. The Balaban J connectivity index is 3.20. The van der Waals surface area contributed by atoms with Crippen molar-refractivity contribution < 1.29 is 18.1 Å². The van der Waals surface area contributed by atoms with Gasteiger partial charge in [-0.15, -0.1) is 0 Å². The molecule has 19 heavy (non-hydrogen) atoms. The van der Waals surface area contributed by atoms with Gasteiger partial charge in [-0.25, -0.2) is 4.98 Å². The predicted octanol–water partition coefficient (Wildman–Crippen LogP) is 2.35. The van der Waals surface area contributed by atoms with Crippen LogP contribution in [0.3, 0.4) is 0 Å². The molecule has 0 saturated heterocycles. The van der Waals surface area contributed by atoms with Crippen molar-refractivity contribution in [1.29, 1.82) is 0 Å². The van der Waals surface area contributed by atoms with E-state index in [1.807, 2.05) is 0 Å². The molecule has 9 heteroatoms. The van der Waals surface area contributed by atoms with E-state index in [2.05, 4.69) is 4.98 Å². The van der Waals surface area contributed by atoms with Crippen LogP contribution in [0.15, 0.2) is 12.1 Å². The van der Waals surface area contributed by atoms with E-state index < -0.39 is 23.3 Å². The number of rotatable bonds is 5. The fraction of sp³-hybridized carbons (Fsp3) is 0.500. The number of halogens is 3. The van der Waals surface area contributed by atoms with Gasteiger partial charge in [-0.05, 0) is 12.5 Å². The van der Waals surface area contributed by atoms with Crippen molar-refractivity contribution >= 4 is 17.3 Å². The molecule has 0 radical (unpaired) electrons. The molecule has 0 aromatic carbocycles. The Hall–Kier alpha value is -2.06. The molecule has 0 bridgehead atoms. The number of pyridine rings is 1. The number of nitrogens with zero attached hydrogens (tertiary/aromatic N) is 3. The van der Waals surface area contributed by atoms with Crippen LogP contribution in [0.4, 0.5) is 30.5 Å². The summed E-state index contributed by atoms with van der Waals surface area (Å²) in [6.45, 7) is 0.358. The zero-order valence-electron chi connectivity index (χ0n) is 10.1. The second-order valence-electron chi connectivity index (χ2n) is 3.87. The van der Waals surface area contributed by atoms with Crippen molar-refractivity contribution in [3.63, 3.8) is 0 Å². The summed E-state index contributed by atoms with van der Waals surface area (Å²) >= 11 is 0. The van der Waals surface area contributed by atoms with E-state index in [-0.39, 0.29) is 18.2 Å². The zero-order valence-corrected chi connectivity index (χ0v) is 10.1. The average molecular weight is 278 g/mol. The molecule has 0 fully saturated rings. The molecule has 0 spiro atoms. The van der Waals surface area contributed by atoms with Gasteiger partial charge in [0.25, 0.3) is 0 Å². The second kappa shape index (κ2) is 5.72. The van der Waals surface area contributed by atoms with Gasteiger partial charge in [0.05, 0.1) is 4.92 Å². The standard InChI is InChI=1S/C10H13F3N4O2/c1-2-5-16(6-10(11,12)13)9-7(17(18)19)3-4-8(14)15-9/h3-4H,2,5-6H2,1H3,(H2,14,15). The van der Waals surface area contributed by atoms with E-state index in [1.54, 1.807) is 6.92 Å². The molecule has 0 saturated carbocycles. The van der Waals surface area contributed by atoms with E-state index in [0.29, 0.717) is 6.42 Å². The van der Waals surface area contributed by atoms with Crippen LogP contribution in [-0.4, -0.2) is 29.2 Å². The van der Waals surface area contributed by atoms with Crippen molar-refractivity contribution in [3.05, 3.63) is 22.2 Å². The molecular formula is C10H13F3N4O2. The highest BCUT2D eigenvalue weighted by molar-refractivity contribution is 5.61. The topological polar surface area (TPSA) is 85.3 Å². The van der Waals surface area contributed by atoms with Crippen molar-refractivity contribution in [3.8, 4) is 0 Å². The van der Waals surface area contributed by atoms with Gasteiger partial charge in [0.15, 0.2) is 0 Å². The van der Waals surface area contributed by atoms with Gasteiger partial charge in [0, 0.05) is 12.6 Å². The minimum atomic E-state index is -4.48. The highest BCUT2D eigenvalue weighted by atomic mass is 19.4. The number of alkyl halides is 3. The first-order valence-electron chi connectivity index (χ1n) is 5.47. The SMILES string of the molecule is CCCN(CC(F)(F)F)c1nc(N)ccc1[N+](=O)[O-]. The summed E-state index contributed by atoms with van der Waals surface area (Å²) in [6.07, 6.45) is -4.08. The Morgan fingerprint density at radius 1 is 1.47 bits per heavy atom. The molecule has 6 nitrogen and oxygen atoms in total. The van der Waals surface area contributed by atoms with Gasteiger partial charge in [0.2, 0.25) is 5.82 Å². The number of anilines is 2. The lowest BCUT2D eigenvalue weighted by Gasteiger charge is -2.24. The average Bonchev–Trinajstić information content (AvgIpc) is 2.26. The summed E-state index contributed by atoms with van der Waals surface area (Å²) in [6, 6.07) is 2.23. The van der Waals surface area contributed by atoms with Crippen molar-refractivity contribution in [1.82, 2.24) is 4.98 Å². The van der Waals surface area contributed by atoms with Gasteiger partial charge in [-0.1, -0.05) is 6.92 Å². The monoisotopic (exact) mass is 278 g/mol. The van der Waals surface area contributed by atoms with Gasteiger partial charge < -0.3 is 10.6 Å². The first-order valence-corrected chi connectivity index (χ1v) is 5.47. The van der Waals surface area contributed by atoms with Crippen LogP contribution in [0.5, 0.6) is 0 Å². The third-order valence-electron chi connectivity index (χ3n) is 2.24. The lowest BCUT2D eigenvalue weighted by atomic mass is 10.3. The maximum atomic E-state index is 12.5. The van der Waals surface area contributed by atoms with E-state index in [4.69, 9.17) is 5.73 Å². The molecule has 1 heterocycles. The Labute approximate surface area is 107 Å². The number of hydrogen-bond acceptors (Lipinski definition) is 5. The number of hydrogen-bond donors (Lipinski definition) is 1. The fourth-order valence-corrected chi connectivity index (χ4v) is 1.58. The Kier molecular flexibility index (Phi) is 4.52. The van der Waals surface area contributed by atoms with Crippen LogP contribution < -0.4 is 10.6 Å². The number of nitro groups is 1. The Bertz CT molecular complexity index is 465. The van der Waals surface area contributed by atoms with Gasteiger partial charge in [0.1, 0.15) is 12.4 Å². The highest BCUT2D eigenvalue weighted by Crippen LogP contribution is 2.29.